The lowest BCUT2D eigenvalue weighted by Gasteiger charge is -2.34. The van der Waals surface area contributed by atoms with Crippen LogP contribution in [0.5, 0.6) is 0 Å². The first-order chi connectivity index (χ1) is 12.2. The molecule has 0 aromatic rings. The summed E-state index contributed by atoms with van der Waals surface area (Å²) < 4.78 is 18.1. The van der Waals surface area contributed by atoms with Crippen LogP contribution in [0.3, 0.4) is 0 Å². The highest BCUT2D eigenvalue weighted by Crippen LogP contribution is 2.20. The van der Waals surface area contributed by atoms with E-state index < -0.39 is 12.2 Å². The molecular weight excluding hydrogens is 316 g/mol. The average molecular weight is 357 g/mol. The Kier molecular flexibility index (Phi) is 16.3. The van der Waals surface area contributed by atoms with Gasteiger partial charge in [0.15, 0.2) is 0 Å². The average Bonchev–Trinajstić information content (AvgIpc) is 2.61. The molecule has 0 rings (SSSR count). The van der Waals surface area contributed by atoms with Crippen LogP contribution in [0, 0.1) is 0 Å². The van der Waals surface area contributed by atoms with Crippen LogP contribution in [0.25, 0.3) is 0 Å². The maximum absolute atomic E-state index is 10.6. The molecule has 0 amide bonds. The molecule has 0 spiro atoms. The molecule has 0 aliphatic rings. The normalized spacial score (nSPS) is 16.2. The second-order valence-corrected chi connectivity index (χ2v) is 6.39. The predicted octanol–water partition coefficient (Wildman–Crippen LogP) is 4.67. The standard InChI is InChI=1S/C21H40O4/c1-6-11-15-23-19(10-5)21(25-17-13-8-3)20(18(22)14-9-4)24-16-12-7-2/h9-10,18-22H,4-8,11-17H2,1-3H3/t18?,19-,20-,21-/m0/s1. The first-order valence-electron chi connectivity index (χ1n) is 9.92. The summed E-state index contributed by atoms with van der Waals surface area (Å²) in [5.41, 5.74) is 0. The van der Waals surface area contributed by atoms with Gasteiger partial charge in [0.05, 0.1) is 6.10 Å². The van der Waals surface area contributed by atoms with E-state index in [9.17, 15) is 5.11 Å². The fourth-order valence-corrected chi connectivity index (χ4v) is 2.49. The van der Waals surface area contributed by atoms with Crippen LogP contribution < -0.4 is 0 Å². The van der Waals surface area contributed by atoms with Gasteiger partial charge < -0.3 is 19.3 Å². The Morgan fingerprint density at radius 2 is 1.28 bits per heavy atom. The first kappa shape index (κ1) is 24.3. The lowest BCUT2D eigenvalue weighted by atomic mass is 9.99. The monoisotopic (exact) mass is 356 g/mol. The molecule has 1 N–H and O–H groups in total. The van der Waals surface area contributed by atoms with Gasteiger partial charge >= 0.3 is 0 Å². The van der Waals surface area contributed by atoms with Crippen LogP contribution in [0.4, 0.5) is 0 Å². The van der Waals surface area contributed by atoms with Crippen molar-refractivity contribution in [2.45, 2.75) is 90.1 Å². The number of hydrogen-bond donors (Lipinski definition) is 1. The number of aliphatic hydroxyl groups excluding tert-OH is 1. The third kappa shape index (κ3) is 10.8. The fourth-order valence-electron chi connectivity index (χ4n) is 2.49. The van der Waals surface area contributed by atoms with Gasteiger partial charge in [-0.05, 0) is 25.7 Å². The topological polar surface area (TPSA) is 47.9 Å². The van der Waals surface area contributed by atoms with Crippen molar-refractivity contribution in [1.82, 2.24) is 0 Å². The highest BCUT2D eigenvalue weighted by molar-refractivity contribution is 4.95. The van der Waals surface area contributed by atoms with Gasteiger partial charge in [-0.25, -0.2) is 0 Å². The maximum Gasteiger partial charge on any atom is 0.116 e. The van der Waals surface area contributed by atoms with E-state index in [0.29, 0.717) is 26.2 Å². The van der Waals surface area contributed by atoms with E-state index in [1.165, 1.54) is 0 Å². The van der Waals surface area contributed by atoms with Gasteiger partial charge in [0.25, 0.3) is 0 Å². The molecule has 4 nitrogen and oxygen atoms in total. The summed E-state index contributed by atoms with van der Waals surface area (Å²) in [4.78, 5) is 0. The molecule has 0 fully saturated rings. The van der Waals surface area contributed by atoms with Gasteiger partial charge in [-0.2, -0.15) is 0 Å². The van der Waals surface area contributed by atoms with E-state index >= 15 is 0 Å². The molecule has 0 aromatic heterocycles. The molecular formula is C21H40O4. The second-order valence-electron chi connectivity index (χ2n) is 6.39. The van der Waals surface area contributed by atoms with Gasteiger partial charge in [-0.3, -0.25) is 0 Å². The summed E-state index contributed by atoms with van der Waals surface area (Å²) in [6.45, 7) is 15.9. The minimum Gasteiger partial charge on any atom is -0.390 e. The maximum atomic E-state index is 10.6. The molecule has 0 aromatic carbocycles. The zero-order valence-electron chi connectivity index (χ0n) is 16.6. The molecule has 0 aliphatic heterocycles. The summed E-state index contributed by atoms with van der Waals surface area (Å²) in [7, 11) is 0. The highest BCUT2D eigenvalue weighted by Gasteiger charge is 2.35. The SMILES string of the molecule is C=CCC(O)[C@H](OCCCC)[C@@H](OCCCC)[C@H](C=C)OCCCC. The van der Waals surface area contributed by atoms with Crippen molar-refractivity contribution in [3.8, 4) is 0 Å². The summed E-state index contributed by atoms with van der Waals surface area (Å²) in [6.07, 6.45) is 8.23. The van der Waals surface area contributed by atoms with Crippen molar-refractivity contribution in [1.29, 1.82) is 0 Å². The molecule has 0 radical (unpaired) electrons. The van der Waals surface area contributed by atoms with Crippen LogP contribution >= 0.6 is 0 Å². The molecule has 25 heavy (non-hydrogen) atoms. The summed E-state index contributed by atoms with van der Waals surface area (Å²) in [5, 5.41) is 10.6. The zero-order chi connectivity index (χ0) is 18.9. The number of ether oxygens (including phenoxy) is 3. The van der Waals surface area contributed by atoms with Gasteiger partial charge in [0, 0.05) is 19.8 Å². The lowest BCUT2D eigenvalue weighted by Crippen LogP contribution is -2.48. The van der Waals surface area contributed by atoms with E-state index in [2.05, 4.69) is 33.9 Å². The third-order valence-corrected chi connectivity index (χ3v) is 4.09. The molecule has 0 saturated carbocycles. The smallest absolute Gasteiger partial charge is 0.116 e. The molecule has 148 valence electrons. The van der Waals surface area contributed by atoms with Crippen molar-refractivity contribution >= 4 is 0 Å². The Bertz CT molecular complexity index is 319. The van der Waals surface area contributed by atoms with Crippen molar-refractivity contribution in [3.63, 3.8) is 0 Å². The van der Waals surface area contributed by atoms with Gasteiger partial charge in [0.2, 0.25) is 0 Å². The van der Waals surface area contributed by atoms with Crippen molar-refractivity contribution in [2.24, 2.45) is 0 Å². The molecule has 0 saturated heterocycles. The Morgan fingerprint density at radius 1 is 0.800 bits per heavy atom. The largest absolute Gasteiger partial charge is 0.390 e. The molecule has 1 unspecified atom stereocenters. The summed E-state index contributed by atoms with van der Waals surface area (Å²) in [6, 6.07) is 0. The Labute approximate surface area is 155 Å². The molecule has 4 heteroatoms. The third-order valence-electron chi connectivity index (χ3n) is 4.09. The number of hydrogen-bond acceptors (Lipinski definition) is 4. The molecule has 0 aliphatic carbocycles. The van der Waals surface area contributed by atoms with Crippen LogP contribution in [0.1, 0.15) is 65.7 Å². The molecule has 0 heterocycles. The van der Waals surface area contributed by atoms with Gasteiger partial charge in [-0.1, -0.05) is 52.2 Å². The number of rotatable bonds is 18. The molecule has 0 bridgehead atoms. The van der Waals surface area contributed by atoms with Crippen molar-refractivity contribution < 1.29 is 19.3 Å². The Hall–Kier alpha value is -0.680. The van der Waals surface area contributed by atoms with Crippen LogP contribution in [0.15, 0.2) is 25.3 Å². The minimum atomic E-state index is -0.668. The Morgan fingerprint density at radius 3 is 1.72 bits per heavy atom. The van der Waals surface area contributed by atoms with Crippen molar-refractivity contribution in [3.05, 3.63) is 25.3 Å². The van der Waals surface area contributed by atoms with E-state index in [4.69, 9.17) is 14.2 Å². The lowest BCUT2D eigenvalue weighted by molar-refractivity contribution is -0.158. The van der Waals surface area contributed by atoms with E-state index in [1.807, 2.05) is 0 Å². The predicted molar refractivity (Wildman–Crippen MR) is 105 cm³/mol. The summed E-state index contributed by atoms with van der Waals surface area (Å²) >= 11 is 0. The van der Waals surface area contributed by atoms with Crippen LogP contribution in [0.2, 0.25) is 0 Å². The zero-order valence-corrected chi connectivity index (χ0v) is 16.6. The van der Waals surface area contributed by atoms with Crippen LogP contribution in [-0.2, 0) is 14.2 Å². The van der Waals surface area contributed by atoms with Crippen LogP contribution in [-0.4, -0.2) is 49.3 Å². The minimum absolute atomic E-state index is 0.297. The van der Waals surface area contributed by atoms with E-state index in [1.54, 1.807) is 12.2 Å². The first-order valence-corrected chi connectivity index (χ1v) is 9.92. The summed E-state index contributed by atoms with van der Waals surface area (Å²) in [5.74, 6) is 0. The van der Waals surface area contributed by atoms with Crippen molar-refractivity contribution in [2.75, 3.05) is 19.8 Å². The van der Waals surface area contributed by atoms with E-state index in [-0.39, 0.29) is 12.2 Å². The van der Waals surface area contributed by atoms with Gasteiger partial charge in [0.1, 0.15) is 18.3 Å². The quantitative estimate of drug-likeness (QED) is 0.286. The van der Waals surface area contributed by atoms with E-state index in [0.717, 1.165) is 38.5 Å². The second kappa shape index (κ2) is 16.8. The number of aliphatic hydroxyl groups is 1. The molecule has 4 atom stereocenters. The number of unbranched alkanes of at least 4 members (excludes halogenated alkanes) is 3. The highest BCUT2D eigenvalue weighted by atomic mass is 16.6. The Balaban J connectivity index is 5.16. The fraction of sp³-hybridized carbons (Fsp3) is 0.810. The van der Waals surface area contributed by atoms with Gasteiger partial charge in [-0.15, -0.1) is 13.2 Å².